The predicted octanol–water partition coefficient (Wildman–Crippen LogP) is 4.16. The summed E-state index contributed by atoms with van der Waals surface area (Å²) in [5, 5.41) is 0. The molecule has 12 heavy (non-hydrogen) atoms. The van der Waals surface area contributed by atoms with Crippen LogP contribution in [0.3, 0.4) is 0 Å². The summed E-state index contributed by atoms with van der Waals surface area (Å²) in [6.07, 6.45) is 2.41. The van der Waals surface area contributed by atoms with E-state index in [1.165, 1.54) is 6.42 Å². The molecular formula is C12H25-. The molecule has 0 spiro atoms. The Kier molecular flexibility index (Phi) is 5.61. The standard InChI is InChI=1S/C12H25/c1-7-10(4)8-11(5)12(6)9(2)3/h9-12H,1,7-8H2,2-6H3/q-1. The van der Waals surface area contributed by atoms with Crippen LogP contribution in [0.25, 0.3) is 0 Å². The van der Waals surface area contributed by atoms with Gasteiger partial charge >= 0.3 is 0 Å². The molecule has 3 atom stereocenters. The molecule has 0 saturated heterocycles. The lowest BCUT2D eigenvalue weighted by Crippen LogP contribution is -2.16. The third kappa shape index (κ3) is 4.13. The molecule has 3 unspecified atom stereocenters. The van der Waals surface area contributed by atoms with E-state index in [1.807, 2.05) is 0 Å². The van der Waals surface area contributed by atoms with Crippen molar-refractivity contribution in [3.63, 3.8) is 0 Å². The molecule has 0 radical (unpaired) electrons. The first-order valence-corrected chi connectivity index (χ1v) is 5.28. The third-order valence-corrected chi connectivity index (χ3v) is 3.22. The van der Waals surface area contributed by atoms with E-state index >= 15 is 0 Å². The van der Waals surface area contributed by atoms with Gasteiger partial charge in [-0.1, -0.05) is 47.0 Å². The molecule has 0 aliphatic rings. The van der Waals surface area contributed by atoms with Gasteiger partial charge in [-0.25, -0.2) is 0 Å². The summed E-state index contributed by atoms with van der Waals surface area (Å²) in [4.78, 5) is 0. The van der Waals surface area contributed by atoms with Gasteiger partial charge in [0.1, 0.15) is 0 Å². The van der Waals surface area contributed by atoms with Gasteiger partial charge in [-0.05, 0) is 17.8 Å². The predicted molar refractivity (Wildman–Crippen MR) is 56.9 cm³/mol. The molecule has 0 aromatic rings. The molecule has 74 valence electrons. The summed E-state index contributed by atoms with van der Waals surface area (Å²) < 4.78 is 0. The van der Waals surface area contributed by atoms with E-state index in [0.717, 1.165) is 30.1 Å². The fraction of sp³-hybridized carbons (Fsp3) is 0.917. The normalized spacial score (nSPS) is 19.2. The van der Waals surface area contributed by atoms with Crippen molar-refractivity contribution < 1.29 is 0 Å². The second-order valence-corrected chi connectivity index (χ2v) is 4.71. The Labute approximate surface area is 78.8 Å². The van der Waals surface area contributed by atoms with Gasteiger partial charge in [0.25, 0.3) is 0 Å². The van der Waals surface area contributed by atoms with E-state index in [-0.39, 0.29) is 0 Å². The van der Waals surface area contributed by atoms with E-state index in [2.05, 4.69) is 41.5 Å². The Morgan fingerprint density at radius 2 is 1.50 bits per heavy atom. The van der Waals surface area contributed by atoms with Crippen molar-refractivity contribution in [2.75, 3.05) is 0 Å². The van der Waals surface area contributed by atoms with Crippen LogP contribution in [0.4, 0.5) is 0 Å². The molecule has 0 saturated carbocycles. The van der Waals surface area contributed by atoms with Crippen LogP contribution in [0, 0.1) is 30.6 Å². The summed E-state index contributed by atoms with van der Waals surface area (Å²) in [6, 6.07) is 0. The summed E-state index contributed by atoms with van der Waals surface area (Å²) in [5.74, 6) is 3.30. The maximum absolute atomic E-state index is 3.94. The highest BCUT2D eigenvalue weighted by Gasteiger charge is 2.16. The fourth-order valence-corrected chi connectivity index (χ4v) is 1.62. The van der Waals surface area contributed by atoms with Crippen LogP contribution in [0.5, 0.6) is 0 Å². The van der Waals surface area contributed by atoms with Gasteiger partial charge in [-0.2, -0.15) is 6.42 Å². The summed E-state index contributed by atoms with van der Waals surface area (Å²) in [5.41, 5.74) is 0. The lowest BCUT2D eigenvalue weighted by molar-refractivity contribution is 0.253. The maximum atomic E-state index is 3.94. The van der Waals surface area contributed by atoms with Crippen molar-refractivity contribution in [1.29, 1.82) is 0 Å². The highest BCUT2D eigenvalue weighted by Crippen LogP contribution is 2.26. The quantitative estimate of drug-likeness (QED) is 0.542. The van der Waals surface area contributed by atoms with Crippen molar-refractivity contribution >= 4 is 0 Å². The molecule has 0 heteroatoms. The number of rotatable bonds is 5. The average Bonchev–Trinajstić information content (AvgIpc) is 2.02. The average molecular weight is 169 g/mol. The van der Waals surface area contributed by atoms with Crippen molar-refractivity contribution in [2.24, 2.45) is 23.7 Å². The van der Waals surface area contributed by atoms with Crippen LogP contribution in [-0.2, 0) is 0 Å². The highest BCUT2D eigenvalue weighted by molar-refractivity contribution is 4.68. The minimum atomic E-state index is 0.793. The Hall–Kier alpha value is 0. The molecule has 0 heterocycles. The minimum Gasteiger partial charge on any atom is -0.343 e. The summed E-state index contributed by atoms with van der Waals surface area (Å²) >= 11 is 0. The highest BCUT2D eigenvalue weighted by atomic mass is 14.2. The Morgan fingerprint density at radius 3 is 1.83 bits per heavy atom. The van der Waals surface area contributed by atoms with Crippen LogP contribution < -0.4 is 0 Å². The SMILES string of the molecule is [CH2-]CC(C)CC(C)C(C)C(C)C. The zero-order chi connectivity index (χ0) is 9.72. The van der Waals surface area contributed by atoms with E-state index in [4.69, 9.17) is 0 Å². The van der Waals surface area contributed by atoms with Gasteiger partial charge in [-0.3, -0.25) is 0 Å². The van der Waals surface area contributed by atoms with E-state index < -0.39 is 0 Å². The first-order chi connectivity index (χ1) is 5.49. The van der Waals surface area contributed by atoms with E-state index in [0.29, 0.717) is 0 Å². The molecule has 0 N–H and O–H groups in total. The van der Waals surface area contributed by atoms with Gasteiger partial charge < -0.3 is 6.92 Å². The number of hydrogen-bond donors (Lipinski definition) is 0. The van der Waals surface area contributed by atoms with E-state index in [1.54, 1.807) is 0 Å². The summed E-state index contributed by atoms with van der Waals surface area (Å²) in [6.45, 7) is 15.6. The van der Waals surface area contributed by atoms with Crippen molar-refractivity contribution in [1.82, 2.24) is 0 Å². The smallest absolute Gasteiger partial charge is 0.0394 e. The van der Waals surface area contributed by atoms with Crippen molar-refractivity contribution in [2.45, 2.75) is 47.5 Å². The topological polar surface area (TPSA) is 0 Å². The van der Waals surface area contributed by atoms with Crippen LogP contribution in [-0.4, -0.2) is 0 Å². The maximum Gasteiger partial charge on any atom is -0.0394 e. The molecule has 0 amide bonds. The fourth-order valence-electron chi connectivity index (χ4n) is 1.62. The molecule has 0 rings (SSSR count). The molecule has 0 bridgehead atoms. The van der Waals surface area contributed by atoms with Crippen LogP contribution in [0.15, 0.2) is 0 Å². The van der Waals surface area contributed by atoms with Gasteiger partial charge in [-0.15, -0.1) is 0 Å². The second-order valence-electron chi connectivity index (χ2n) is 4.71. The Balaban J connectivity index is 3.78. The first kappa shape index (κ1) is 12.0. The molecule has 0 aliphatic heterocycles. The van der Waals surface area contributed by atoms with Crippen molar-refractivity contribution in [3.8, 4) is 0 Å². The third-order valence-electron chi connectivity index (χ3n) is 3.22. The van der Waals surface area contributed by atoms with Gasteiger partial charge in [0.05, 0.1) is 0 Å². The van der Waals surface area contributed by atoms with Crippen LogP contribution in [0.2, 0.25) is 0 Å². The van der Waals surface area contributed by atoms with Gasteiger partial charge in [0, 0.05) is 0 Å². The van der Waals surface area contributed by atoms with Gasteiger partial charge in [0.2, 0.25) is 0 Å². The van der Waals surface area contributed by atoms with E-state index in [9.17, 15) is 0 Å². The number of hydrogen-bond acceptors (Lipinski definition) is 0. The largest absolute Gasteiger partial charge is 0.343 e. The molecular weight excluding hydrogens is 144 g/mol. The second kappa shape index (κ2) is 5.61. The minimum absolute atomic E-state index is 0.793. The first-order valence-electron chi connectivity index (χ1n) is 5.28. The molecule has 0 aliphatic carbocycles. The monoisotopic (exact) mass is 169 g/mol. The molecule has 0 aromatic heterocycles. The zero-order valence-corrected chi connectivity index (χ0v) is 9.43. The Morgan fingerprint density at radius 1 is 1.00 bits per heavy atom. The van der Waals surface area contributed by atoms with Crippen molar-refractivity contribution in [3.05, 3.63) is 6.92 Å². The summed E-state index contributed by atoms with van der Waals surface area (Å²) in [7, 11) is 0. The molecule has 0 nitrogen and oxygen atoms in total. The zero-order valence-electron chi connectivity index (χ0n) is 9.43. The Bertz CT molecular complexity index is 105. The van der Waals surface area contributed by atoms with Gasteiger partial charge in [0.15, 0.2) is 0 Å². The molecule has 0 aromatic carbocycles. The lowest BCUT2D eigenvalue weighted by Gasteiger charge is -2.26. The molecule has 0 fully saturated rings. The lowest BCUT2D eigenvalue weighted by atomic mass is 9.81. The van der Waals surface area contributed by atoms with Crippen LogP contribution >= 0.6 is 0 Å². The van der Waals surface area contributed by atoms with Crippen LogP contribution in [0.1, 0.15) is 47.5 Å².